The fourth-order valence-electron chi connectivity index (χ4n) is 3.85. The molecular formula is C25H22N6NiO8. The second-order valence-corrected chi connectivity index (χ2v) is 8.20. The van der Waals surface area contributed by atoms with Gasteiger partial charge in [0.2, 0.25) is 0 Å². The van der Waals surface area contributed by atoms with Crippen LogP contribution in [0.15, 0.2) is 65.0 Å². The summed E-state index contributed by atoms with van der Waals surface area (Å²) in [4.78, 5) is 23.7. The van der Waals surface area contributed by atoms with Crippen LogP contribution in [0.25, 0.3) is 21.9 Å². The Kier molecular flexibility index (Phi) is 9.68. The normalized spacial score (nSPS) is 11.0. The van der Waals surface area contributed by atoms with Crippen molar-refractivity contribution in [1.82, 2.24) is 14.9 Å². The third kappa shape index (κ3) is 5.76. The molecule has 0 atom stereocenters. The van der Waals surface area contributed by atoms with Gasteiger partial charge in [0, 0.05) is 34.0 Å². The fraction of sp³-hybridized carbons (Fsp3) is 0.120. The molecule has 15 heteroatoms. The Balaban J connectivity index is 0.00000187. The molecule has 0 bridgehead atoms. The van der Waals surface area contributed by atoms with Crippen molar-refractivity contribution in [3.63, 3.8) is 0 Å². The van der Waals surface area contributed by atoms with Crippen LogP contribution in [0, 0.1) is 20.8 Å². The third-order valence-corrected chi connectivity index (χ3v) is 5.69. The smallest absolute Gasteiger partial charge is 0.872 e. The van der Waals surface area contributed by atoms with Crippen LogP contribution in [0.5, 0.6) is 11.5 Å². The molecule has 5 aromatic rings. The molecule has 2 aromatic carbocycles. The summed E-state index contributed by atoms with van der Waals surface area (Å²) in [5, 5.41) is 42.4. The predicted molar refractivity (Wildman–Crippen MR) is 140 cm³/mol. The van der Waals surface area contributed by atoms with Gasteiger partial charge in [0.25, 0.3) is 5.95 Å². The number of aryl methyl sites for hydroxylation is 3. The summed E-state index contributed by atoms with van der Waals surface area (Å²) in [5.41, 5.74) is 3.20. The van der Waals surface area contributed by atoms with Gasteiger partial charge < -0.3 is 30.0 Å². The average molecular weight is 593 g/mol. The van der Waals surface area contributed by atoms with E-state index in [-0.39, 0.29) is 61.4 Å². The largest absolute Gasteiger partial charge is 2.00 e. The van der Waals surface area contributed by atoms with Crippen molar-refractivity contribution >= 4 is 40.3 Å². The van der Waals surface area contributed by atoms with E-state index in [0.717, 1.165) is 0 Å². The standard InChI is InChI=1S/C25H20N6O6.Ni.2H2O/c1-12-8-21(34)36-23-15(12)4-6-19(32)17(23)10-26-29-25-30-28-14(3)31(25)27-11-18-20(33)7-5-16-13(2)9-22(35)37-24(16)18;;;/h4-11,32-33H,1-3H3,(H,29,30);;2*1H2/q;+2;;/p-2/b26-10+,27-11+;;;. The second-order valence-electron chi connectivity index (χ2n) is 8.20. The van der Waals surface area contributed by atoms with Crippen LogP contribution in [-0.4, -0.2) is 38.3 Å². The maximum Gasteiger partial charge on any atom is 2.00 e. The molecule has 14 nitrogen and oxygen atoms in total. The first-order valence-corrected chi connectivity index (χ1v) is 11.0. The number of hydrazone groups is 1. The van der Waals surface area contributed by atoms with Gasteiger partial charge >= 0.3 is 27.7 Å². The van der Waals surface area contributed by atoms with Crippen molar-refractivity contribution in [2.75, 3.05) is 5.43 Å². The molecule has 3 heterocycles. The molecule has 3 aromatic heterocycles. The molecule has 0 saturated carbocycles. The number of fused-ring (bicyclic) bond motifs is 2. The van der Waals surface area contributed by atoms with Crippen LogP contribution < -0.4 is 26.9 Å². The monoisotopic (exact) mass is 592 g/mol. The number of hydrogen-bond donors (Lipinski definition) is 1. The minimum absolute atomic E-state index is 0. The topological polar surface area (TPSA) is 237 Å². The van der Waals surface area contributed by atoms with Gasteiger partial charge in [-0.2, -0.15) is 14.9 Å². The van der Waals surface area contributed by atoms with E-state index in [1.807, 2.05) is 0 Å². The molecule has 5 rings (SSSR count). The first-order valence-electron chi connectivity index (χ1n) is 11.0. The van der Waals surface area contributed by atoms with Gasteiger partial charge in [0.1, 0.15) is 11.2 Å². The van der Waals surface area contributed by atoms with Crippen molar-refractivity contribution in [3.05, 3.63) is 85.3 Å². The Morgan fingerprint density at radius 1 is 0.825 bits per heavy atom. The number of nitrogens with one attached hydrogen (secondary N) is 1. The average Bonchev–Trinajstić information content (AvgIpc) is 3.18. The van der Waals surface area contributed by atoms with Crippen LogP contribution in [0.1, 0.15) is 28.1 Å². The van der Waals surface area contributed by atoms with E-state index >= 15 is 0 Å². The first-order chi connectivity index (χ1) is 17.7. The summed E-state index contributed by atoms with van der Waals surface area (Å²) in [5.74, 6) is -0.353. The van der Waals surface area contributed by atoms with Crippen molar-refractivity contribution in [3.8, 4) is 11.5 Å². The van der Waals surface area contributed by atoms with E-state index in [1.165, 1.54) is 41.4 Å². The summed E-state index contributed by atoms with van der Waals surface area (Å²) in [6.07, 6.45) is 2.46. The second kappa shape index (κ2) is 12.3. The van der Waals surface area contributed by atoms with Crippen molar-refractivity contribution < 1.29 is 46.5 Å². The van der Waals surface area contributed by atoms with E-state index in [1.54, 1.807) is 32.9 Å². The molecule has 0 amide bonds. The van der Waals surface area contributed by atoms with Crippen LogP contribution in [0.4, 0.5) is 5.95 Å². The van der Waals surface area contributed by atoms with E-state index in [2.05, 4.69) is 25.8 Å². The van der Waals surface area contributed by atoms with E-state index in [9.17, 15) is 19.8 Å². The third-order valence-electron chi connectivity index (χ3n) is 5.69. The number of anilines is 1. The minimum Gasteiger partial charge on any atom is -0.872 e. The van der Waals surface area contributed by atoms with Gasteiger partial charge in [0.15, 0.2) is 5.82 Å². The van der Waals surface area contributed by atoms with Crippen LogP contribution in [0.2, 0.25) is 0 Å². The minimum atomic E-state index is -0.584. The predicted octanol–water partition coefficient (Wildman–Crippen LogP) is 0.240. The van der Waals surface area contributed by atoms with Gasteiger partial charge in [-0.3, -0.25) is 0 Å². The number of aromatic nitrogens is 3. The summed E-state index contributed by atoms with van der Waals surface area (Å²) in [6.45, 7) is 5.11. The molecular weight excluding hydrogens is 571 g/mol. The summed E-state index contributed by atoms with van der Waals surface area (Å²) in [7, 11) is 0. The summed E-state index contributed by atoms with van der Waals surface area (Å²) >= 11 is 0. The van der Waals surface area contributed by atoms with Crippen molar-refractivity contribution in [2.45, 2.75) is 20.8 Å². The zero-order valence-electron chi connectivity index (χ0n) is 21.1. The molecule has 0 saturated heterocycles. The Morgan fingerprint density at radius 3 is 1.85 bits per heavy atom. The fourth-order valence-corrected chi connectivity index (χ4v) is 3.85. The van der Waals surface area contributed by atoms with Crippen LogP contribution in [-0.2, 0) is 16.5 Å². The van der Waals surface area contributed by atoms with Gasteiger partial charge in [-0.15, -0.1) is 10.2 Å². The molecule has 0 aliphatic rings. The van der Waals surface area contributed by atoms with E-state index < -0.39 is 17.0 Å². The zero-order valence-corrected chi connectivity index (χ0v) is 22.1. The number of hydrogen-bond acceptors (Lipinski definition) is 11. The Labute approximate surface area is 234 Å². The molecule has 0 unspecified atom stereocenters. The van der Waals surface area contributed by atoms with Gasteiger partial charge in [-0.25, -0.2) is 15.0 Å². The molecule has 5 N–H and O–H groups in total. The summed E-state index contributed by atoms with van der Waals surface area (Å²) < 4.78 is 11.8. The maximum absolute atomic E-state index is 12.5. The molecule has 0 aliphatic heterocycles. The van der Waals surface area contributed by atoms with E-state index in [4.69, 9.17) is 8.83 Å². The molecule has 0 fully saturated rings. The molecule has 40 heavy (non-hydrogen) atoms. The number of rotatable bonds is 5. The molecule has 210 valence electrons. The summed E-state index contributed by atoms with van der Waals surface area (Å²) in [6, 6.07) is 8.57. The zero-order chi connectivity index (χ0) is 26.3. The Hall–Kier alpha value is -4.85. The Morgan fingerprint density at radius 2 is 1.32 bits per heavy atom. The van der Waals surface area contributed by atoms with Gasteiger partial charge in [-0.05, 0) is 31.9 Å². The van der Waals surface area contributed by atoms with Crippen LogP contribution in [0.3, 0.4) is 0 Å². The maximum atomic E-state index is 12.5. The quantitative estimate of drug-likeness (QED) is 0.127. The van der Waals surface area contributed by atoms with Crippen molar-refractivity contribution in [1.29, 1.82) is 0 Å². The van der Waals surface area contributed by atoms with Gasteiger partial charge in [0.05, 0.1) is 12.4 Å². The number of nitrogens with zero attached hydrogens (tertiary/aromatic N) is 5. The first kappa shape index (κ1) is 31.4. The Bertz CT molecular complexity index is 1880. The number of benzene rings is 2. The SMILES string of the molecule is Cc1cc(=O)oc2c(/C=N/Nc3nnc(C)n3/N=C/c3c([O-])ccc4c(C)cc(=O)oc34)c([O-])ccc12.O.O.[Ni+2]. The van der Waals surface area contributed by atoms with Gasteiger partial charge in [-0.1, -0.05) is 35.8 Å². The van der Waals surface area contributed by atoms with E-state index in [0.29, 0.717) is 27.7 Å². The van der Waals surface area contributed by atoms with Crippen LogP contribution >= 0.6 is 0 Å². The molecule has 0 aliphatic carbocycles. The van der Waals surface area contributed by atoms with Crippen molar-refractivity contribution in [2.24, 2.45) is 10.2 Å². The molecule has 0 radical (unpaired) electrons. The molecule has 0 spiro atoms.